The molecule has 1 saturated heterocycles. The van der Waals surface area contributed by atoms with Crippen LogP contribution in [0.25, 0.3) is 0 Å². The molecule has 2 aromatic rings. The molecule has 0 bridgehead atoms. The van der Waals surface area contributed by atoms with E-state index in [1.165, 1.54) is 24.3 Å². The molecule has 1 aliphatic rings. The average molecular weight is 344 g/mol. The molecular formula is C20H22F2N2O. The van der Waals surface area contributed by atoms with Crippen LogP contribution in [0.5, 0.6) is 0 Å². The number of hydrogen-bond acceptors (Lipinski definition) is 2. The maximum Gasteiger partial charge on any atom is 0.224 e. The summed E-state index contributed by atoms with van der Waals surface area (Å²) in [6, 6.07) is 12.6. The normalized spacial score (nSPS) is 20.2. The number of hydrogen-bond donors (Lipinski definition) is 2. The summed E-state index contributed by atoms with van der Waals surface area (Å²) in [6.45, 7) is 2.30. The van der Waals surface area contributed by atoms with Crippen LogP contribution < -0.4 is 10.6 Å². The van der Waals surface area contributed by atoms with Gasteiger partial charge in [0.15, 0.2) is 0 Å². The molecule has 2 N–H and O–H groups in total. The third-order valence-corrected chi connectivity index (χ3v) is 4.75. The first-order chi connectivity index (χ1) is 12.1. The van der Waals surface area contributed by atoms with E-state index in [2.05, 4.69) is 10.6 Å². The monoisotopic (exact) mass is 344 g/mol. The van der Waals surface area contributed by atoms with Crippen LogP contribution in [0.1, 0.15) is 23.5 Å². The molecule has 0 spiro atoms. The molecule has 132 valence electrons. The number of piperidine rings is 1. The second kappa shape index (κ2) is 8.21. The first-order valence-corrected chi connectivity index (χ1v) is 8.59. The average Bonchev–Trinajstić information content (AvgIpc) is 2.63. The Kier molecular flexibility index (Phi) is 5.76. The molecule has 0 radical (unpaired) electrons. The highest BCUT2D eigenvalue weighted by molar-refractivity contribution is 5.78. The maximum absolute atomic E-state index is 13.1. The van der Waals surface area contributed by atoms with Gasteiger partial charge in [0.25, 0.3) is 0 Å². The molecule has 2 atom stereocenters. The molecule has 0 unspecified atom stereocenters. The van der Waals surface area contributed by atoms with Crippen LogP contribution in [-0.4, -0.2) is 25.5 Å². The van der Waals surface area contributed by atoms with Gasteiger partial charge in [-0.15, -0.1) is 0 Å². The molecule has 0 aromatic heterocycles. The minimum absolute atomic E-state index is 0.0740. The predicted molar refractivity (Wildman–Crippen MR) is 93.2 cm³/mol. The molecule has 3 rings (SSSR count). The zero-order chi connectivity index (χ0) is 17.6. The second-order valence-electron chi connectivity index (χ2n) is 6.52. The lowest BCUT2D eigenvalue weighted by Crippen LogP contribution is -2.42. The predicted octanol–water partition coefficient (Wildman–Crippen LogP) is 3.02. The van der Waals surface area contributed by atoms with Crippen LogP contribution in [0.4, 0.5) is 8.78 Å². The largest absolute Gasteiger partial charge is 0.355 e. The number of halogens is 2. The lowest BCUT2D eigenvalue weighted by Gasteiger charge is -2.32. The molecule has 3 nitrogen and oxygen atoms in total. The Labute approximate surface area is 146 Å². The van der Waals surface area contributed by atoms with Crippen molar-refractivity contribution in [1.29, 1.82) is 0 Å². The highest BCUT2D eigenvalue weighted by Crippen LogP contribution is 2.30. The van der Waals surface area contributed by atoms with Gasteiger partial charge in [-0.1, -0.05) is 24.3 Å². The van der Waals surface area contributed by atoms with Crippen LogP contribution in [0.15, 0.2) is 48.5 Å². The van der Waals surface area contributed by atoms with Gasteiger partial charge in [0, 0.05) is 13.1 Å². The van der Waals surface area contributed by atoms with Gasteiger partial charge in [-0.3, -0.25) is 4.79 Å². The van der Waals surface area contributed by atoms with Crippen LogP contribution in [0, 0.1) is 17.6 Å². The molecule has 25 heavy (non-hydrogen) atoms. The summed E-state index contributed by atoms with van der Waals surface area (Å²) >= 11 is 0. The van der Waals surface area contributed by atoms with Gasteiger partial charge in [0.05, 0.1) is 6.42 Å². The summed E-state index contributed by atoms with van der Waals surface area (Å²) in [7, 11) is 0. The van der Waals surface area contributed by atoms with Gasteiger partial charge >= 0.3 is 0 Å². The molecular weight excluding hydrogens is 322 g/mol. The molecule has 1 fully saturated rings. The van der Waals surface area contributed by atoms with Crippen molar-refractivity contribution in [2.45, 2.75) is 18.8 Å². The Bertz CT molecular complexity index is 701. The lowest BCUT2D eigenvalue weighted by molar-refractivity contribution is -0.120. The zero-order valence-electron chi connectivity index (χ0n) is 14.0. The topological polar surface area (TPSA) is 41.1 Å². The standard InChI is InChI=1S/C20H22F2N2O/c21-17-5-1-14(2-6-17)11-20(25)24-13-16-12-23-10-9-19(16)15-3-7-18(22)8-4-15/h1-8,16,19,23H,9-13H2,(H,24,25)/t16-,19+/m0/s1. The highest BCUT2D eigenvalue weighted by atomic mass is 19.1. The third kappa shape index (κ3) is 4.86. The van der Waals surface area contributed by atoms with Crippen LogP contribution in [0.3, 0.4) is 0 Å². The smallest absolute Gasteiger partial charge is 0.224 e. The van der Waals surface area contributed by atoms with E-state index in [0.717, 1.165) is 30.6 Å². The summed E-state index contributed by atoms with van der Waals surface area (Å²) in [5, 5.41) is 6.34. The number of carbonyl (C=O) groups excluding carboxylic acids is 1. The van der Waals surface area contributed by atoms with Gasteiger partial charge in [-0.2, -0.15) is 0 Å². The molecule has 0 aliphatic carbocycles. The Balaban J connectivity index is 1.57. The molecule has 1 heterocycles. The van der Waals surface area contributed by atoms with Crippen molar-refractivity contribution in [1.82, 2.24) is 10.6 Å². The SMILES string of the molecule is O=C(Cc1ccc(F)cc1)NC[C@@H]1CNCC[C@@H]1c1ccc(F)cc1. The zero-order valence-corrected chi connectivity index (χ0v) is 14.0. The van der Waals surface area contributed by atoms with E-state index >= 15 is 0 Å². The van der Waals surface area contributed by atoms with Crippen molar-refractivity contribution in [2.24, 2.45) is 5.92 Å². The van der Waals surface area contributed by atoms with Crippen LogP contribution in [0.2, 0.25) is 0 Å². The van der Waals surface area contributed by atoms with Crippen molar-refractivity contribution in [3.8, 4) is 0 Å². The summed E-state index contributed by atoms with van der Waals surface area (Å²) in [4.78, 5) is 12.2. The minimum Gasteiger partial charge on any atom is -0.355 e. The maximum atomic E-state index is 13.1. The van der Waals surface area contributed by atoms with Crippen molar-refractivity contribution >= 4 is 5.91 Å². The third-order valence-electron chi connectivity index (χ3n) is 4.75. The van der Waals surface area contributed by atoms with Crippen LogP contribution >= 0.6 is 0 Å². The Hall–Kier alpha value is -2.27. The minimum atomic E-state index is -0.306. The van der Waals surface area contributed by atoms with E-state index in [1.807, 2.05) is 12.1 Å². The van der Waals surface area contributed by atoms with Crippen LogP contribution in [-0.2, 0) is 11.2 Å². The molecule has 1 aliphatic heterocycles. The Morgan fingerprint density at radius 2 is 1.68 bits per heavy atom. The van der Waals surface area contributed by atoms with E-state index in [9.17, 15) is 13.6 Å². The fraction of sp³-hybridized carbons (Fsp3) is 0.350. The van der Waals surface area contributed by atoms with E-state index in [1.54, 1.807) is 12.1 Å². The Morgan fingerprint density at radius 1 is 1.04 bits per heavy atom. The summed E-state index contributed by atoms with van der Waals surface area (Å²) in [5.41, 5.74) is 1.90. The molecule has 0 saturated carbocycles. The first kappa shape index (κ1) is 17.5. The van der Waals surface area contributed by atoms with E-state index in [-0.39, 0.29) is 29.9 Å². The number of benzene rings is 2. The Morgan fingerprint density at radius 3 is 2.36 bits per heavy atom. The lowest BCUT2D eigenvalue weighted by atomic mass is 9.81. The van der Waals surface area contributed by atoms with Gasteiger partial charge in [-0.05, 0) is 60.2 Å². The quantitative estimate of drug-likeness (QED) is 0.875. The van der Waals surface area contributed by atoms with Crippen molar-refractivity contribution < 1.29 is 13.6 Å². The van der Waals surface area contributed by atoms with Gasteiger partial charge in [0.2, 0.25) is 5.91 Å². The highest BCUT2D eigenvalue weighted by Gasteiger charge is 2.26. The van der Waals surface area contributed by atoms with Gasteiger partial charge in [-0.25, -0.2) is 8.78 Å². The van der Waals surface area contributed by atoms with Gasteiger partial charge < -0.3 is 10.6 Å². The number of carbonyl (C=O) groups is 1. The summed E-state index contributed by atoms with van der Waals surface area (Å²) < 4.78 is 26.1. The molecule has 2 aromatic carbocycles. The van der Waals surface area contributed by atoms with E-state index in [4.69, 9.17) is 0 Å². The number of amides is 1. The first-order valence-electron chi connectivity index (χ1n) is 8.59. The van der Waals surface area contributed by atoms with Crippen molar-refractivity contribution in [2.75, 3.05) is 19.6 Å². The van der Waals surface area contributed by atoms with E-state index < -0.39 is 0 Å². The van der Waals surface area contributed by atoms with Crippen molar-refractivity contribution in [3.63, 3.8) is 0 Å². The summed E-state index contributed by atoms with van der Waals surface area (Å²) in [6.07, 6.45) is 1.20. The van der Waals surface area contributed by atoms with E-state index in [0.29, 0.717) is 12.5 Å². The summed E-state index contributed by atoms with van der Waals surface area (Å²) in [5.74, 6) is -0.0548. The molecule has 5 heteroatoms. The van der Waals surface area contributed by atoms with Gasteiger partial charge in [0.1, 0.15) is 11.6 Å². The number of rotatable bonds is 5. The fourth-order valence-electron chi connectivity index (χ4n) is 3.38. The second-order valence-corrected chi connectivity index (χ2v) is 6.52. The number of nitrogens with one attached hydrogen (secondary N) is 2. The fourth-order valence-corrected chi connectivity index (χ4v) is 3.38. The molecule has 1 amide bonds. The van der Waals surface area contributed by atoms with Crippen molar-refractivity contribution in [3.05, 3.63) is 71.3 Å².